The van der Waals surface area contributed by atoms with Crippen LogP contribution in [0.1, 0.15) is 201 Å². The summed E-state index contributed by atoms with van der Waals surface area (Å²) in [6.07, 6.45) is 35.3. The second-order valence-electron chi connectivity index (χ2n) is 16.6. The molecular formula is C43H91N3O6P+. The van der Waals surface area contributed by atoms with Crippen molar-refractivity contribution in [3.05, 3.63) is 0 Å². The number of likely N-dealkylation sites (N-methyl/N-ethyl adjacent to an activating group) is 1. The Hall–Kier alpha value is -0.700. The van der Waals surface area contributed by atoms with Crippen molar-refractivity contribution in [3.63, 3.8) is 0 Å². The van der Waals surface area contributed by atoms with Gasteiger partial charge in [0.15, 0.2) is 0 Å². The summed E-state index contributed by atoms with van der Waals surface area (Å²) in [5, 5.41) is 2.91. The van der Waals surface area contributed by atoms with Crippen LogP contribution in [0.15, 0.2) is 0 Å². The first kappa shape index (κ1) is 52.3. The normalized spacial score (nSPS) is 13.6. The van der Waals surface area contributed by atoms with Crippen LogP contribution in [0.3, 0.4) is 0 Å². The van der Waals surface area contributed by atoms with E-state index in [1.165, 1.54) is 148 Å². The van der Waals surface area contributed by atoms with Crippen molar-refractivity contribution in [1.29, 1.82) is 0 Å². The summed E-state index contributed by atoms with van der Waals surface area (Å²) in [6.45, 7) is 9.07. The highest BCUT2D eigenvalue weighted by atomic mass is 31.2. The van der Waals surface area contributed by atoms with Gasteiger partial charge < -0.3 is 24.3 Å². The van der Waals surface area contributed by atoms with Gasteiger partial charge in [0, 0.05) is 19.7 Å². The molecule has 0 bridgehead atoms. The van der Waals surface area contributed by atoms with Gasteiger partial charge in [-0.3, -0.25) is 9.05 Å². The number of phosphoric ester groups is 1. The van der Waals surface area contributed by atoms with Crippen LogP contribution in [-0.4, -0.2) is 93.6 Å². The van der Waals surface area contributed by atoms with Gasteiger partial charge in [0.05, 0.1) is 34.3 Å². The molecule has 0 aromatic rings. The Morgan fingerprint density at radius 3 is 1.42 bits per heavy atom. The molecule has 0 aromatic heterocycles. The second-order valence-corrected chi connectivity index (χ2v) is 18.0. The molecule has 10 heteroatoms. The summed E-state index contributed by atoms with van der Waals surface area (Å²) in [7, 11) is 1.67. The number of ether oxygens (including phenoxy) is 1. The van der Waals surface area contributed by atoms with Crippen molar-refractivity contribution < 1.29 is 32.5 Å². The van der Waals surface area contributed by atoms with Gasteiger partial charge in [0.2, 0.25) is 0 Å². The van der Waals surface area contributed by atoms with Gasteiger partial charge in [-0.2, -0.15) is 0 Å². The number of quaternary nitrogens is 1. The molecule has 2 N–H and O–H groups in total. The Labute approximate surface area is 329 Å². The highest BCUT2D eigenvalue weighted by molar-refractivity contribution is 7.47. The Morgan fingerprint density at radius 1 is 0.623 bits per heavy atom. The van der Waals surface area contributed by atoms with E-state index in [4.69, 9.17) is 13.8 Å². The third kappa shape index (κ3) is 38.0. The molecule has 0 aromatic carbocycles. The van der Waals surface area contributed by atoms with Gasteiger partial charge in [-0.05, 0) is 19.8 Å². The van der Waals surface area contributed by atoms with Crippen LogP contribution >= 0.6 is 7.82 Å². The fourth-order valence-electron chi connectivity index (χ4n) is 6.66. The van der Waals surface area contributed by atoms with Crippen molar-refractivity contribution in [2.75, 3.05) is 67.1 Å². The molecule has 2 atom stereocenters. The van der Waals surface area contributed by atoms with Crippen molar-refractivity contribution in [2.24, 2.45) is 0 Å². The van der Waals surface area contributed by atoms with Gasteiger partial charge in [-0.25, -0.2) is 9.36 Å². The van der Waals surface area contributed by atoms with Crippen LogP contribution in [0.25, 0.3) is 0 Å². The topological polar surface area (TPSA) is 97.3 Å². The third-order valence-corrected chi connectivity index (χ3v) is 11.1. The average molecular weight is 777 g/mol. The lowest BCUT2D eigenvalue weighted by Gasteiger charge is -2.29. The molecule has 0 saturated heterocycles. The molecule has 0 heterocycles. The summed E-state index contributed by atoms with van der Waals surface area (Å²) in [4.78, 5) is 25.4. The van der Waals surface area contributed by atoms with Gasteiger partial charge in [0.25, 0.3) is 0 Å². The zero-order valence-corrected chi connectivity index (χ0v) is 37.1. The Kier molecular flexibility index (Phi) is 36.4. The lowest BCUT2D eigenvalue weighted by molar-refractivity contribution is -0.870. The number of amides is 2. The van der Waals surface area contributed by atoms with E-state index in [0.29, 0.717) is 30.7 Å². The number of nitrogens with one attached hydrogen (secondary N) is 1. The van der Waals surface area contributed by atoms with Gasteiger partial charge in [-0.1, -0.05) is 181 Å². The van der Waals surface area contributed by atoms with Crippen molar-refractivity contribution in [1.82, 2.24) is 10.2 Å². The van der Waals surface area contributed by atoms with Crippen molar-refractivity contribution >= 4 is 13.9 Å². The fraction of sp³-hybridized carbons (Fsp3) is 0.977. The van der Waals surface area contributed by atoms with E-state index in [1.807, 2.05) is 28.1 Å². The standard InChI is InChI=1S/C43H90N3O6P/c1-7-10-12-14-16-18-20-22-24-26-28-30-32-34-36-45(43(47)44-9-3)40-42(52-53(48,49)51-39-37-46(4,5)6)41-50-38-35-33-31-29-27-25-23-21-19-17-15-13-11-8-2/h42H,7-41H2,1-6H3,(H-,44,47,48,49)/p+1. The van der Waals surface area contributed by atoms with Crippen LogP contribution < -0.4 is 5.32 Å². The zero-order chi connectivity index (χ0) is 39.3. The molecule has 0 radical (unpaired) electrons. The third-order valence-electron chi connectivity index (χ3n) is 10.1. The van der Waals surface area contributed by atoms with Gasteiger partial charge in [-0.15, -0.1) is 0 Å². The minimum absolute atomic E-state index is 0.100. The second kappa shape index (κ2) is 36.9. The predicted molar refractivity (Wildman–Crippen MR) is 226 cm³/mol. The van der Waals surface area contributed by atoms with Gasteiger partial charge >= 0.3 is 13.9 Å². The van der Waals surface area contributed by atoms with Crippen LogP contribution in [0.2, 0.25) is 0 Å². The van der Waals surface area contributed by atoms with Crippen molar-refractivity contribution in [2.45, 2.75) is 207 Å². The number of hydrogen-bond acceptors (Lipinski definition) is 5. The van der Waals surface area contributed by atoms with E-state index in [0.717, 1.165) is 32.1 Å². The van der Waals surface area contributed by atoms with E-state index in [1.54, 1.807) is 4.90 Å². The van der Waals surface area contributed by atoms with Crippen LogP contribution in [-0.2, 0) is 18.3 Å². The minimum atomic E-state index is -4.34. The molecule has 0 rings (SSSR count). The van der Waals surface area contributed by atoms with Crippen LogP contribution in [0.5, 0.6) is 0 Å². The highest BCUT2D eigenvalue weighted by Gasteiger charge is 2.30. The number of rotatable bonds is 41. The molecule has 0 spiro atoms. The van der Waals surface area contributed by atoms with E-state index < -0.39 is 13.9 Å². The van der Waals surface area contributed by atoms with Crippen LogP contribution in [0.4, 0.5) is 4.79 Å². The quantitative estimate of drug-likeness (QED) is 0.0364. The summed E-state index contributed by atoms with van der Waals surface area (Å²) in [6, 6.07) is -0.179. The monoisotopic (exact) mass is 777 g/mol. The molecule has 2 amide bonds. The molecule has 318 valence electrons. The molecule has 0 fully saturated rings. The lowest BCUT2D eigenvalue weighted by atomic mass is 10.0. The summed E-state index contributed by atoms with van der Waals surface area (Å²) >= 11 is 0. The van der Waals surface area contributed by atoms with Gasteiger partial charge in [0.1, 0.15) is 19.3 Å². The number of hydrogen-bond donors (Lipinski definition) is 2. The molecular weight excluding hydrogens is 685 g/mol. The molecule has 2 unspecified atom stereocenters. The Bertz CT molecular complexity index is 843. The predicted octanol–water partition coefficient (Wildman–Crippen LogP) is 12.2. The smallest absolute Gasteiger partial charge is 0.379 e. The van der Waals surface area contributed by atoms with E-state index >= 15 is 0 Å². The van der Waals surface area contributed by atoms with Crippen LogP contribution in [0, 0.1) is 0 Å². The Morgan fingerprint density at radius 2 is 1.02 bits per heavy atom. The number of urea groups is 1. The number of nitrogens with zero attached hydrogens (tertiary/aromatic N) is 2. The molecule has 0 aliphatic carbocycles. The molecule has 53 heavy (non-hydrogen) atoms. The number of phosphoric acid groups is 1. The summed E-state index contributed by atoms with van der Waals surface area (Å²) in [5.74, 6) is 0. The molecule has 0 saturated carbocycles. The zero-order valence-electron chi connectivity index (χ0n) is 36.2. The summed E-state index contributed by atoms with van der Waals surface area (Å²) < 4.78 is 30.6. The van der Waals surface area contributed by atoms with E-state index in [2.05, 4.69) is 19.2 Å². The minimum Gasteiger partial charge on any atom is -0.379 e. The first-order valence-corrected chi connectivity index (χ1v) is 24.1. The molecule has 9 nitrogen and oxygen atoms in total. The SMILES string of the molecule is CCCCCCCCCCCCCCCCOCC(CN(CCCCCCCCCCCCCCCC)C(=O)NCC)OP(=O)(O)OCC[N+](C)(C)C. The van der Waals surface area contributed by atoms with Crippen molar-refractivity contribution in [3.8, 4) is 0 Å². The lowest BCUT2D eigenvalue weighted by Crippen LogP contribution is -2.45. The largest absolute Gasteiger partial charge is 0.472 e. The Balaban J connectivity index is 4.65. The molecule has 0 aliphatic heterocycles. The maximum Gasteiger partial charge on any atom is 0.472 e. The number of carbonyl (C=O) groups excluding carboxylic acids is 1. The number of unbranched alkanes of at least 4 members (excludes halogenated alkanes) is 26. The van der Waals surface area contributed by atoms with E-state index in [9.17, 15) is 14.3 Å². The molecule has 0 aliphatic rings. The highest BCUT2D eigenvalue weighted by Crippen LogP contribution is 2.44. The maximum absolute atomic E-state index is 13.1. The fourth-order valence-corrected chi connectivity index (χ4v) is 7.54. The maximum atomic E-state index is 13.1. The average Bonchev–Trinajstić information content (AvgIpc) is 3.10. The first-order valence-electron chi connectivity index (χ1n) is 22.6. The summed E-state index contributed by atoms with van der Waals surface area (Å²) in [5.41, 5.74) is 0. The van der Waals surface area contributed by atoms with E-state index in [-0.39, 0.29) is 25.8 Å². The number of carbonyl (C=O) groups is 1. The first-order chi connectivity index (χ1) is 25.5.